The molecule has 12 aliphatic heterocycles. The second-order valence-corrected chi connectivity index (χ2v) is 60.9. The summed E-state index contributed by atoms with van der Waals surface area (Å²) in [4.78, 5) is 8.38. The fraction of sp³-hybridized carbons (Fsp3) is 1.00. The monoisotopic (exact) mass is 1810 g/mol. The number of fused-ring (bicyclic) bond motifs is 14. The van der Waals surface area contributed by atoms with Crippen molar-refractivity contribution in [3.8, 4) is 0 Å². The summed E-state index contributed by atoms with van der Waals surface area (Å²) in [5, 5.41) is 7.39. The van der Waals surface area contributed by atoms with Crippen LogP contribution in [-0.2, 0) is 14.2 Å². The molecule has 20 aliphatic rings. The summed E-state index contributed by atoms with van der Waals surface area (Å²) in [6.45, 7) is 107. The van der Waals surface area contributed by atoms with Gasteiger partial charge in [-0.15, -0.1) is 0 Å². The molecule has 12 heterocycles. The van der Waals surface area contributed by atoms with Gasteiger partial charge < -0.3 is 29.7 Å². The number of hydrogen-bond acceptors (Lipinski definition) is 8. The Morgan fingerprint density at radius 1 is 0.315 bits per heavy atom. The Kier molecular flexibility index (Phi) is 32.6. The molecule has 0 radical (unpaired) electrons. The van der Waals surface area contributed by atoms with Crippen molar-refractivity contribution >= 4 is 0 Å². The molecule has 4 bridgehead atoms. The van der Waals surface area contributed by atoms with Crippen molar-refractivity contribution in [1.82, 2.24) is 25.3 Å². The third-order valence-electron chi connectivity index (χ3n) is 46.4. The first-order valence-corrected chi connectivity index (χ1v) is 57.5. The van der Waals surface area contributed by atoms with Gasteiger partial charge in [0.15, 0.2) is 0 Å². The number of rotatable bonds is 4. The lowest BCUT2D eigenvalue weighted by Gasteiger charge is -2.74. The van der Waals surface area contributed by atoms with Crippen molar-refractivity contribution < 1.29 is 14.2 Å². The molecule has 20 rings (SSSR count). The van der Waals surface area contributed by atoms with Gasteiger partial charge >= 0.3 is 0 Å². The predicted octanol–water partition coefficient (Wildman–Crippen LogP) is 32.3. The Balaban J connectivity index is 0.000000135. The van der Waals surface area contributed by atoms with E-state index in [0.29, 0.717) is 127 Å². The number of nitrogens with zero attached hydrogens (tertiary/aromatic N) is 3. The van der Waals surface area contributed by atoms with Crippen LogP contribution in [0.5, 0.6) is 0 Å². The second kappa shape index (κ2) is 39.1. The van der Waals surface area contributed by atoms with E-state index in [1.54, 1.807) is 0 Å². The van der Waals surface area contributed by atoms with Gasteiger partial charge in [0.1, 0.15) is 0 Å². The minimum atomic E-state index is 0.313. The average Bonchev–Trinajstić information content (AvgIpc) is 0.920. The molecule has 8 saturated carbocycles. The van der Waals surface area contributed by atoms with E-state index in [9.17, 15) is 0 Å². The van der Waals surface area contributed by atoms with Crippen molar-refractivity contribution in [1.29, 1.82) is 0 Å². The highest BCUT2D eigenvalue weighted by Gasteiger charge is 2.73. The van der Waals surface area contributed by atoms with Gasteiger partial charge in [0.05, 0.1) is 24.9 Å². The van der Waals surface area contributed by atoms with E-state index >= 15 is 0 Å². The third kappa shape index (κ3) is 18.7. The second-order valence-electron chi connectivity index (χ2n) is 60.9. The quantitative estimate of drug-likeness (QED) is 0.289. The van der Waals surface area contributed by atoms with Crippen LogP contribution in [0.2, 0.25) is 0 Å². The summed E-state index contributed by atoms with van der Waals surface area (Å²) in [5.74, 6) is 7.76. The highest BCUT2D eigenvalue weighted by molar-refractivity contribution is 5.23. The van der Waals surface area contributed by atoms with Gasteiger partial charge in [0.25, 0.3) is 0 Å². The Morgan fingerprint density at radius 2 is 0.785 bits per heavy atom. The van der Waals surface area contributed by atoms with Crippen molar-refractivity contribution in [3.05, 3.63) is 0 Å². The molecule has 758 valence electrons. The Morgan fingerprint density at radius 3 is 1.26 bits per heavy atom. The summed E-state index contributed by atoms with van der Waals surface area (Å²) in [7, 11) is 0. The first-order chi connectivity index (χ1) is 59.9. The van der Waals surface area contributed by atoms with Gasteiger partial charge in [-0.2, -0.15) is 0 Å². The summed E-state index contributed by atoms with van der Waals surface area (Å²) in [6.07, 6.45) is 52.3. The van der Waals surface area contributed by atoms with Crippen LogP contribution in [0.1, 0.15) is 494 Å². The molecule has 0 aromatic carbocycles. The number of hydrogen-bond donors (Lipinski definition) is 2. The zero-order valence-electron chi connectivity index (χ0n) is 94.6. The van der Waals surface area contributed by atoms with Crippen molar-refractivity contribution in [2.45, 2.75) is 543 Å². The van der Waals surface area contributed by atoms with Crippen molar-refractivity contribution in [3.63, 3.8) is 0 Å². The first kappa shape index (κ1) is 109. The fourth-order valence-corrected chi connectivity index (χ4v) is 41.9. The molecule has 13 atom stereocenters. The highest BCUT2D eigenvalue weighted by atomic mass is 16.5. The Hall–Kier alpha value is -0.320. The third-order valence-corrected chi connectivity index (χ3v) is 46.4. The van der Waals surface area contributed by atoms with E-state index in [1.807, 2.05) is 0 Å². The molecule has 20 fully saturated rings. The van der Waals surface area contributed by atoms with Gasteiger partial charge in [0, 0.05) is 54.3 Å². The SMILES string of the molecule is CC(C)(C)C1(C(C)(C)C)CCN2CCCC21.CC(C)(C)C1(C(C)(C)C)CCN2CCCCC2C1.CC(C)(C)C1(C(C)(C)C)COC2CCCCC2C1.CC(C)C1(C(C)C)C2CCC1NC2.CC(C)C1(C(C)C)CC2CCC1CN2.CC1(C)CC(C)(C)C12CCCC1CCCOC12.CC1(C)CC(C)(C)C12CCCN1CCCCC12.CC1(C)CC(C)(C)C12CCOC1CCCCC12. The van der Waals surface area contributed by atoms with E-state index in [-0.39, 0.29) is 0 Å². The minimum absolute atomic E-state index is 0.313. The molecule has 8 nitrogen and oxygen atoms in total. The lowest BCUT2D eigenvalue weighted by molar-refractivity contribution is -0.288. The summed E-state index contributed by atoms with van der Waals surface area (Å²) in [5.41, 5.74) is 9.62. The number of nitrogens with one attached hydrogen (secondary N) is 2. The first-order valence-electron chi connectivity index (χ1n) is 57.5. The lowest BCUT2D eigenvalue weighted by Crippen LogP contribution is -2.72. The van der Waals surface area contributed by atoms with Gasteiger partial charge in [-0.1, -0.05) is 308 Å². The summed E-state index contributed by atoms with van der Waals surface area (Å²) >= 11 is 0. The molecular weight excluding hydrogens is 1580 g/mol. The van der Waals surface area contributed by atoms with Gasteiger partial charge in [-0.25, -0.2) is 0 Å². The highest BCUT2D eigenvalue weighted by Crippen LogP contribution is 2.78. The van der Waals surface area contributed by atoms with Crippen molar-refractivity contribution in [2.24, 2.45) is 162 Å². The van der Waals surface area contributed by atoms with E-state index < -0.39 is 0 Å². The van der Waals surface area contributed by atoms with Gasteiger partial charge in [-0.05, 0) is 389 Å². The number of piperidine rings is 7. The van der Waals surface area contributed by atoms with Crippen molar-refractivity contribution in [2.75, 3.05) is 72.2 Å². The Bertz CT molecular complexity index is 3240. The average molecular weight is 1810 g/mol. The fourth-order valence-electron chi connectivity index (χ4n) is 41.9. The molecule has 8 aliphatic carbocycles. The lowest BCUT2D eigenvalue weighted by atomic mass is 9.32. The van der Waals surface area contributed by atoms with Crippen LogP contribution in [0.25, 0.3) is 0 Å². The Labute approximate surface area is 811 Å². The minimum Gasteiger partial charge on any atom is -0.378 e. The molecule has 8 heteroatoms. The maximum absolute atomic E-state index is 6.35. The molecular formula is C122H227N5O3. The van der Waals surface area contributed by atoms with Crippen LogP contribution >= 0.6 is 0 Å². The predicted molar refractivity (Wildman–Crippen MR) is 561 cm³/mol. The van der Waals surface area contributed by atoms with Crippen LogP contribution in [0, 0.1) is 162 Å². The topological polar surface area (TPSA) is 61.5 Å². The molecule has 13 unspecified atom stereocenters. The van der Waals surface area contributed by atoms with E-state index in [1.165, 1.54) is 284 Å². The molecule has 2 N–H and O–H groups in total. The molecule has 12 saturated heterocycles. The van der Waals surface area contributed by atoms with E-state index in [4.69, 9.17) is 14.2 Å². The van der Waals surface area contributed by atoms with Crippen LogP contribution in [-0.4, -0.2) is 135 Å². The smallest absolute Gasteiger partial charge is 0.0669 e. The van der Waals surface area contributed by atoms with Crippen LogP contribution < -0.4 is 10.6 Å². The summed E-state index contributed by atoms with van der Waals surface area (Å²) in [6, 6.07) is 4.24. The van der Waals surface area contributed by atoms with E-state index in [2.05, 4.69) is 288 Å². The maximum Gasteiger partial charge on any atom is 0.0669 e. The molecule has 0 amide bonds. The molecule has 0 aromatic heterocycles. The van der Waals surface area contributed by atoms with Crippen LogP contribution in [0.3, 0.4) is 0 Å². The van der Waals surface area contributed by atoms with E-state index in [0.717, 1.165) is 103 Å². The zero-order valence-corrected chi connectivity index (χ0v) is 94.6. The van der Waals surface area contributed by atoms with Gasteiger partial charge in [0.2, 0.25) is 0 Å². The van der Waals surface area contributed by atoms with Crippen LogP contribution in [0.4, 0.5) is 0 Å². The molecule has 130 heavy (non-hydrogen) atoms. The largest absolute Gasteiger partial charge is 0.378 e. The molecule has 0 aromatic rings. The number of ether oxygens (including phenoxy) is 3. The standard InChI is InChI=1S/C17H33N.C17H32O.C16H29N.2C16H28O.C15H29N.C13H25N.C12H23N/c1-15(2,3)17(16(4,5)6)10-12-18-11-8-7-9-14(18)13-17;1-15(2,3)17(16(4,5)6)11-13-9-7-8-10-14(13)18-12-17;1-14(2)12-15(3,4)16(14)9-7-11-17-10-6-5-8-13(16)17;1-14(2)11-15(3,4)16(14)9-5-7-12-8-6-10-17-13(12)16;1-14(2)11-15(3,4)16(14)9-10-17-13-8-6-5-7-12(13)16;1-13(2,3)15(14(4,5)6)9-11-16-10-7-8-12(15)16;1-9(2)13(10(3)4)7-12-6-5-11(13)8-14-12;1-8(2)12(9(3)4)10-5-6-11(12)13-7-10/h14H,7-13H2,1-6H3;13-14H,7-12H2,1-6H3;13H,5-12H2,1-4H3;2*12-13H,5-11H2,1-4H3;12H,7-11H2,1-6H3;9-12,14H,5-8H2,1-4H3;8-11,13H,5-7H2,1-4H3. The maximum atomic E-state index is 6.35. The van der Waals surface area contributed by atoms with Crippen LogP contribution in [0.15, 0.2) is 0 Å². The van der Waals surface area contributed by atoms with Gasteiger partial charge in [-0.3, -0.25) is 9.80 Å². The summed E-state index contributed by atoms with van der Waals surface area (Å²) < 4.78 is 18.8. The molecule has 3 spiro atoms. The normalized spacial score (nSPS) is 35.9. The zero-order chi connectivity index (χ0) is 96.3.